The molecule has 0 aromatic carbocycles. The van der Waals surface area contributed by atoms with Crippen molar-refractivity contribution < 1.29 is 4.74 Å². The number of hydrogen-bond acceptors (Lipinski definition) is 1. The fourth-order valence-corrected chi connectivity index (χ4v) is 4.40. The lowest BCUT2D eigenvalue weighted by Gasteiger charge is -2.04. The zero-order valence-corrected chi connectivity index (χ0v) is 21.4. The first-order chi connectivity index (χ1) is 14.9. The first-order valence-corrected chi connectivity index (χ1v) is 14.2. The van der Waals surface area contributed by atoms with Crippen LogP contribution in [0.4, 0.5) is 0 Å². The Kier molecular flexibility index (Phi) is 28.9. The van der Waals surface area contributed by atoms with Crippen LogP contribution < -0.4 is 0 Å². The molecule has 0 unspecified atom stereocenters. The van der Waals surface area contributed by atoms with Crippen LogP contribution in [0.25, 0.3) is 0 Å². The van der Waals surface area contributed by atoms with Gasteiger partial charge in [-0.05, 0) is 12.8 Å². The molecule has 1 heteroatoms. The lowest BCUT2D eigenvalue weighted by atomic mass is 10.0. The van der Waals surface area contributed by atoms with Crippen LogP contribution in [0.3, 0.4) is 0 Å². The summed E-state index contributed by atoms with van der Waals surface area (Å²) in [5.41, 5.74) is 0. The monoisotopic (exact) mass is 423 g/mol. The smallest absolute Gasteiger partial charge is 0.0462 e. The first kappa shape index (κ1) is 30.0. The fourth-order valence-electron chi connectivity index (χ4n) is 4.40. The molecule has 0 saturated heterocycles. The minimum absolute atomic E-state index is 0.940. The van der Waals surface area contributed by atoms with Crippen molar-refractivity contribution in [2.45, 2.75) is 167 Å². The van der Waals surface area contributed by atoms with Crippen LogP contribution in [0.5, 0.6) is 0 Å². The van der Waals surface area contributed by atoms with Crippen molar-refractivity contribution in [2.75, 3.05) is 13.7 Å². The molecule has 1 radical (unpaired) electrons. The largest absolute Gasteiger partial charge is 0.385 e. The molecule has 0 aromatic rings. The van der Waals surface area contributed by atoms with Gasteiger partial charge >= 0.3 is 0 Å². The molecule has 0 heterocycles. The second-order valence-corrected chi connectivity index (χ2v) is 9.64. The van der Waals surface area contributed by atoms with E-state index in [1.54, 1.807) is 7.11 Å². The van der Waals surface area contributed by atoms with E-state index in [9.17, 15) is 0 Å². The number of ether oxygens (including phenoxy) is 1. The maximum Gasteiger partial charge on any atom is 0.0462 e. The molecule has 181 valence electrons. The highest BCUT2D eigenvalue weighted by atomic mass is 16.5. The minimum Gasteiger partial charge on any atom is -0.385 e. The molecule has 0 atom stereocenters. The van der Waals surface area contributed by atoms with Crippen LogP contribution in [-0.4, -0.2) is 13.7 Å². The van der Waals surface area contributed by atoms with Crippen LogP contribution in [-0.2, 0) is 4.74 Å². The van der Waals surface area contributed by atoms with Gasteiger partial charge in [-0.25, -0.2) is 0 Å². The zero-order chi connectivity index (χ0) is 21.8. The normalized spacial score (nSPS) is 11.4. The quantitative estimate of drug-likeness (QED) is 0.119. The van der Waals surface area contributed by atoms with E-state index in [0.29, 0.717) is 0 Å². The maximum atomic E-state index is 5.09. The third-order valence-electron chi connectivity index (χ3n) is 6.52. The van der Waals surface area contributed by atoms with Crippen molar-refractivity contribution >= 4 is 0 Å². The average Bonchev–Trinajstić information content (AvgIpc) is 2.76. The highest BCUT2D eigenvalue weighted by molar-refractivity contribution is 4.64. The maximum absolute atomic E-state index is 5.09. The molecule has 0 fully saturated rings. The van der Waals surface area contributed by atoms with Crippen molar-refractivity contribution in [1.29, 1.82) is 0 Å². The molecular weight excluding hydrogens is 364 g/mol. The van der Waals surface area contributed by atoms with Crippen molar-refractivity contribution in [2.24, 2.45) is 0 Å². The number of methoxy groups -OCH3 is 1. The second-order valence-electron chi connectivity index (χ2n) is 9.64. The van der Waals surface area contributed by atoms with Gasteiger partial charge in [-0.15, -0.1) is 0 Å². The Morgan fingerprint density at radius 2 is 0.700 bits per heavy atom. The molecule has 0 aromatic heterocycles. The Balaban J connectivity index is 2.97. The van der Waals surface area contributed by atoms with Gasteiger partial charge in [0.05, 0.1) is 0 Å². The van der Waals surface area contributed by atoms with Crippen molar-refractivity contribution in [3.05, 3.63) is 6.42 Å². The summed E-state index contributed by atoms with van der Waals surface area (Å²) in [5.74, 6) is 0. The zero-order valence-electron chi connectivity index (χ0n) is 21.4. The van der Waals surface area contributed by atoms with E-state index in [2.05, 4.69) is 13.3 Å². The molecule has 0 bridgehead atoms. The second kappa shape index (κ2) is 29.0. The van der Waals surface area contributed by atoms with Crippen LogP contribution in [0, 0.1) is 6.42 Å². The van der Waals surface area contributed by atoms with E-state index in [-0.39, 0.29) is 0 Å². The van der Waals surface area contributed by atoms with Crippen molar-refractivity contribution in [3.63, 3.8) is 0 Å². The SMILES string of the molecule is CCCCCCCCCCCCCCCC[CH]CCCCCCCCCCCOC. The van der Waals surface area contributed by atoms with E-state index in [0.717, 1.165) is 6.61 Å². The molecule has 0 saturated carbocycles. The predicted molar refractivity (Wildman–Crippen MR) is 137 cm³/mol. The molecule has 0 N–H and O–H groups in total. The summed E-state index contributed by atoms with van der Waals surface area (Å²) >= 11 is 0. The van der Waals surface area contributed by atoms with Crippen LogP contribution in [0.1, 0.15) is 167 Å². The van der Waals surface area contributed by atoms with Gasteiger partial charge in [0.15, 0.2) is 0 Å². The third-order valence-corrected chi connectivity index (χ3v) is 6.52. The Labute approximate surface area is 192 Å². The highest BCUT2D eigenvalue weighted by Crippen LogP contribution is 2.15. The number of rotatable bonds is 27. The molecule has 1 nitrogen and oxygen atoms in total. The molecular formula is C29H59O. The number of hydrogen-bond donors (Lipinski definition) is 0. The molecule has 0 aliphatic carbocycles. The number of unbranched alkanes of at least 4 members (excludes halogenated alkanes) is 25. The summed E-state index contributed by atoms with van der Waals surface area (Å²) in [6.07, 6.45) is 38.4. The minimum atomic E-state index is 0.940. The molecule has 0 amide bonds. The van der Waals surface area contributed by atoms with Crippen LogP contribution >= 0.6 is 0 Å². The Hall–Kier alpha value is -0.0400. The van der Waals surface area contributed by atoms with Gasteiger partial charge in [0.1, 0.15) is 0 Å². The van der Waals surface area contributed by atoms with E-state index in [1.807, 2.05) is 0 Å². The summed E-state index contributed by atoms with van der Waals surface area (Å²) in [5, 5.41) is 0. The van der Waals surface area contributed by atoms with Crippen molar-refractivity contribution in [1.82, 2.24) is 0 Å². The predicted octanol–water partition coefficient (Wildman–Crippen LogP) is 10.6. The summed E-state index contributed by atoms with van der Waals surface area (Å²) in [6, 6.07) is 0. The summed E-state index contributed by atoms with van der Waals surface area (Å²) in [6.45, 7) is 3.24. The third kappa shape index (κ3) is 28.0. The van der Waals surface area contributed by atoms with Gasteiger partial charge < -0.3 is 4.74 Å². The standard InChI is InChI=1S/C29H59O/c1-3-4-5-6-7-8-9-10-11-12-13-14-15-16-17-18-19-20-21-22-23-24-25-26-27-28-29-30-2/h18H,3-17,19-29H2,1-2H3. The van der Waals surface area contributed by atoms with Gasteiger partial charge in [-0.2, -0.15) is 0 Å². The van der Waals surface area contributed by atoms with Crippen LogP contribution in [0.2, 0.25) is 0 Å². The lowest BCUT2D eigenvalue weighted by Crippen LogP contribution is -1.88. The first-order valence-electron chi connectivity index (χ1n) is 14.2. The topological polar surface area (TPSA) is 9.23 Å². The van der Waals surface area contributed by atoms with Gasteiger partial charge in [-0.3, -0.25) is 0 Å². The van der Waals surface area contributed by atoms with E-state index in [4.69, 9.17) is 4.74 Å². The highest BCUT2D eigenvalue weighted by Gasteiger charge is 1.96. The Bertz CT molecular complexity index is 248. The summed E-state index contributed by atoms with van der Waals surface area (Å²) in [4.78, 5) is 0. The fraction of sp³-hybridized carbons (Fsp3) is 0.966. The van der Waals surface area contributed by atoms with Gasteiger partial charge in [0.2, 0.25) is 0 Å². The van der Waals surface area contributed by atoms with Gasteiger partial charge in [0, 0.05) is 13.7 Å². The average molecular weight is 424 g/mol. The van der Waals surface area contributed by atoms with E-state index < -0.39 is 0 Å². The molecule has 0 spiro atoms. The molecule has 0 rings (SSSR count). The van der Waals surface area contributed by atoms with Gasteiger partial charge in [-0.1, -0.05) is 161 Å². The Morgan fingerprint density at radius 1 is 0.400 bits per heavy atom. The Morgan fingerprint density at radius 3 is 1.03 bits per heavy atom. The molecule has 0 aliphatic heterocycles. The van der Waals surface area contributed by atoms with E-state index in [1.165, 1.54) is 161 Å². The lowest BCUT2D eigenvalue weighted by molar-refractivity contribution is 0.192. The molecule has 0 aliphatic rings. The van der Waals surface area contributed by atoms with Gasteiger partial charge in [0.25, 0.3) is 0 Å². The molecule has 30 heavy (non-hydrogen) atoms. The summed E-state index contributed by atoms with van der Waals surface area (Å²) in [7, 11) is 1.80. The van der Waals surface area contributed by atoms with Crippen molar-refractivity contribution in [3.8, 4) is 0 Å². The van der Waals surface area contributed by atoms with E-state index >= 15 is 0 Å². The summed E-state index contributed by atoms with van der Waals surface area (Å²) < 4.78 is 5.09. The van der Waals surface area contributed by atoms with Crippen LogP contribution in [0.15, 0.2) is 0 Å².